The Hall–Kier alpha value is -3.81. The molecule has 136 valence electrons. The highest BCUT2D eigenvalue weighted by molar-refractivity contribution is 5.95. The third kappa shape index (κ3) is 3.74. The van der Waals surface area contributed by atoms with Crippen LogP contribution in [0.15, 0.2) is 64.8 Å². The molecule has 0 amide bonds. The van der Waals surface area contributed by atoms with Gasteiger partial charge in [-0.1, -0.05) is 30.3 Å². The Kier molecular flexibility index (Phi) is 5.07. The summed E-state index contributed by atoms with van der Waals surface area (Å²) in [5.74, 6) is -0.751. The number of rotatable bonds is 5. The first-order chi connectivity index (χ1) is 13.0. The minimum absolute atomic E-state index is 0.0413. The van der Waals surface area contributed by atoms with Crippen molar-refractivity contribution in [2.24, 2.45) is 10.2 Å². The van der Waals surface area contributed by atoms with E-state index in [1.165, 1.54) is 18.2 Å². The number of fused-ring (bicyclic) bond motifs is 1. The number of phenolic OH excluding ortho intramolecular Hbond substituents is 1. The van der Waals surface area contributed by atoms with E-state index >= 15 is 0 Å². The van der Waals surface area contributed by atoms with Crippen LogP contribution in [0.3, 0.4) is 0 Å². The lowest BCUT2D eigenvalue weighted by atomic mass is 10.1. The van der Waals surface area contributed by atoms with Crippen LogP contribution in [0.25, 0.3) is 10.8 Å². The summed E-state index contributed by atoms with van der Waals surface area (Å²) in [4.78, 5) is 22.5. The highest BCUT2D eigenvalue weighted by atomic mass is 16.6. The number of ether oxygens (including phenoxy) is 1. The summed E-state index contributed by atoms with van der Waals surface area (Å²) in [6.07, 6.45) is 0. The Balaban J connectivity index is 2.04. The highest BCUT2D eigenvalue weighted by Gasteiger charge is 2.18. The summed E-state index contributed by atoms with van der Waals surface area (Å²) in [6.45, 7) is 1.81. The number of nitro benzene ring substituents is 1. The van der Waals surface area contributed by atoms with Gasteiger partial charge in [0, 0.05) is 11.5 Å². The predicted octanol–water partition coefficient (Wildman–Crippen LogP) is 5.05. The van der Waals surface area contributed by atoms with Crippen LogP contribution in [0.1, 0.15) is 17.3 Å². The average molecular weight is 365 g/mol. The number of carbonyl (C=O) groups excluding carboxylic acids is 1. The van der Waals surface area contributed by atoms with E-state index in [2.05, 4.69) is 10.2 Å². The average Bonchev–Trinajstić information content (AvgIpc) is 2.67. The Morgan fingerprint density at radius 3 is 2.67 bits per heavy atom. The normalized spacial score (nSPS) is 11.0. The van der Waals surface area contributed by atoms with Crippen molar-refractivity contribution in [1.29, 1.82) is 0 Å². The van der Waals surface area contributed by atoms with E-state index < -0.39 is 10.9 Å². The largest absolute Gasteiger partial charge is 0.506 e. The molecule has 0 atom stereocenters. The number of phenols is 1. The molecule has 0 saturated heterocycles. The highest BCUT2D eigenvalue weighted by Crippen LogP contribution is 2.37. The Bertz CT molecular complexity index is 1060. The Morgan fingerprint density at radius 2 is 1.93 bits per heavy atom. The number of hydrogen-bond acceptors (Lipinski definition) is 7. The molecule has 0 bridgehead atoms. The minimum atomic E-state index is -0.657. The lowest BCUT2D eigenvalue weighted by Crippen LogP contribution is -2.05. The van der Waals surface area contributed by atoms with Crippen molar-refractivity contribution in [2.45, 2.75) is 6.92 Å². The molecule has 3 aromatic rings. The van der Waals surface area contributed by atoms with Crippen LogP contribution in [-0.2, 0) is 4.74 Å². The summed E-state index contributed by atoms with van der Waals surface area (Å²) in [6, 6.07) is 14.3. The molecular formula is C19H15N3O5. The van der Waals surface area contributed by atoms with Gasteiger partial charge in [-0.25, -0.2) is 4.79 Å². The van der Waals surface area contributed by atoms with Gasteiger partial charge in [0.2, 0.25) is 0 Å². The predicted molar refractivity (Wildman–Crippen MR) is 98.8 cm³/mol. The standard InChI is InChI=1S/C19H15N3O5/c1-2-27-19(24)13-7-9-15(16(11-13)22(25)26)20-21-18-14-6-4-3-5-12(14)8-10-17(18)23/h3-11,23H,2H2,1H3. The quantitative estimate of drug-likeness (QED) is 0.294. The van der Waals surface area contributed by atoms with Gasteiger partial charge >= 0.3 is 5.97 Å². The molecule has 0 aromatic heterocycles. The van der Waals surface area contributed by atoms with Gasteiger partial charge in [0.05, 0.1) is 17.1 Å². The van der Waals surface area contributed by atoms with Crippen molar-refractivity contribution in [2.75, 3.05) is 6.61 Å². The fourth-order valence-electron chi connectivity index (χ4n) is 2.55. The number of nitrogens with zero attached hydrogens (tertiary/aromatic N) is 3. The van der Waals surface area contributed by atoms with Gasteiger partial charge in [-0.05, 0) is 30.5 Å². The molecule has 0 saturated carbocycles. The van der Waals surface area contributed by atoms with E-state index in [0.717, 1.165) is 11.5 Å². The number of carbonyl (C=O) groups is 1. The van der Waals surface area contributed by atoms with Crippen LogP contribution in [-0.4, -0.2) is 22.6 Å². The van der Waals surface area contributed by atoms with Gasteiger partial charge in [0.25, 0.3) is 5.69 Å². The molecule has 0 aliphatic rings. The molecule has 0 radical (unpaired) electrons. The minimum Gasteiger partial charge on any atom is -0.506 e. The van der Waals surface area contributed by atoms with Crippen LogP contribution in [0.5, 0.6) is 5.75 Å². The topological polar surface area (TPSA) is 114 Å². The van der Waals surface area contributed by atoms with Crippen LogP contribution in [0.4, 0.5) is 17.1 Å². The summed E-state index contributed by atoms with van der Waals surface area (Å²) in [5.41, 5.74) is -0.170. The Labute approximate surface area is 153 Å². The monoisotopic (exact) mass is 365 g/mol. The molecule has 3 rings (SSSR count). The van der Waals surface area contributed by atoms with Gasteiger partial charge < -0.3 is 9.84 Å². The van der Waals surface area contributed by atoms with Crippen LogP contribution < -0.4 is 0 Å². The first-order valence-corrected chi connectivity index (χ1v) is 8.09. The molecule has 0 unspecified atom stereocenters. The summed E-state index contributed by atoms with van der Waals surface area (Å²) >= 11 is 0. The molecule has 3 aromatic carbocycles. The molecule has 8 heteroatoms. The molecule has 0 aliphatic carbocycles. The number of nitro groups is 1. The number of benzene rings is 3. The van der Waals surface area contributed by atoms with E-state index in [1.54, 1.807) is 25.1 Å². The van der Waals surface area contributed by atoms with Gasteiger partial charge in [-0.2, -0.15) is 0 Å². The third-order valence-corrected chi connectivity index (χ3v) is 3.82. The number of aromatic hydroxyl groups is 1. The molecule has 1 N–H and O–H groups in total. The van der Waals surface area contributed by atoms with Crippen LogP contribution in [0, 0.1) is 10.1 Å². The van der Waals surface area contributed by atoms with Crippen molar-refractivity contribution in [3.63, 3.8) is 0 Å². The molecule has 0 spiro atoms. The zero-order chi connectivity index (χ0) is 19.4. The summed E-state index contributed by atoms with van der Waals surface area (Å²) < 4.78 is 4.85. The van der Waals surface area contributed by atoms with Crippen LogP contribution >= 0.6 is 0 Å². The van der Waals surface area contributed by atoms with Crippen molar-refractivity contribution >= 4 is 33.8 Å². The van der Waals surface area contributed by atoms with E-state index in [1.807, 2.05) is 12.1 Å². The van der Waals surface area contributed by atoms with Crippen LogP contribution in [0.2, 0.25) is 0 Å². The van der Waals surface area contributed by atoms with Gasteiger partial charge in [-0.3, -0.25) is 10.1 Å². The SMILES string of the molecule is CCOC(=O)c1ccc(N=Nc2c(O)ccc3ccccc23)c([N+](=O)[O-])c1. The maximum Gasteiger partial charge on any atom is 0.338 e. The van der Waals surface area contributed by atoms with Crippen molar-refractivity contribution in [3.05, 3.63) is 70.3 Å². The fourth-order valence-corrected chi connectivity index (χ4v) is 2.55. The maximum absolute atomic E-state index is 11.8. The van der Waals surface area contributed by atoms with Gasteiger partial charge in [-0.15, -0.1) is 10.2 Å². The lowest BCUT2D eigenvalue weighted by Gasteiger charge is -2.04. The van der Waals surface area contributed by atoms with Gasteiger partial charge in [0.1, 0.15) is 11.4 Å². The number of esters is 1. The van der Waals surface area contributed by atoms with E-state index in [0.29, 0.717) is 5.39 Å². The second-order valence-electron chi connectivity index (χ2n) is 5.54. The molecular weight excluding hydrogens is 350 g/mol. The number of azo groups is 1. The molecule has 0 fully saturated rings. The van der Waals surface area contributed by atoms with E-state index in [9.17, 15) is 20.0 Å². The summed E-state index contributed by atoms with van der Waals surface area (Å²) in [5, 5.41) is 30.9. The smallest absolute Gasteiger partial charge is 0.338 e. The zero-order valence-electron chi connectivity index (χ0n) is 14.3. The first kappa shape index (κ1) is 18.0. The molecule has 0 aliphatic heterocycles. The number of hydrogen-bond donors (Lipinski definition) is 1. The molecule has 0 heterocycles. The molecule has 8 nitrogen and oxygen atoms in total. The third-order valence-electron chi connectivity index (χ3n) is 3.82. The van der Waals surface area contributed by atoms with E-state index in [4.69, 9.17) is 4.74 Å². The Morgan fingerprint density at radius 1 is 1.15 bits per heavy atom. The van der Waals surface area contributed by atoms with E-state index in [-0.39, 0.29) is 35.0 Å². The van der Waals surface area contributed by atoms with Gasteiger partial charge in [0.15, 0.2) is 5.69 Å². The maximum atomic E-state index is 11.8. The summed E-state index contributed by atoms with van der Waals surface area (Å²) in [7, 11) is 0. The lowest BCUT2D eigenvalue weighted by molar-refractivity contribution is -0.384. The second kappa shape index (κ2) is 7.61. The first-order valence-electron chi connectivity index (χ1n) is 8.09. The fraction of sp³-hybridized carbons (Fsp3) is 0.105. The second-order valence-corrected chi connectivity index (χ2v) is 5.54. The zero-order valence-corrected chi connectivity index (χ0v) is 14.3. The van der Waals surface area contributed by atoms with Crippen molar-refractivity contribution in [1.82, 2.24) is 0 Å². The van der Waals surface area contributed by atoms with Crippen molar-refractivity contribution < 1.29 is 19.6 Å². The molecule has 27 heavy (non-hydrogen) atoms. The van der Waals surface area contributed by atoms with Crippen molar-refractivity contribution in [3.8, 4) is 5.75 Å².